The molecule has 0 unspecified atom stereocenters. The number of fused-ring (bicyclic) bond motifs is 1. The first-order chi connectivity index (χ1) is 10.5. The predicted molar refractivity (Wildman–Crippen MR) is 88.9 cm³/mol. The summed E-state index contributed by atoms with van der Waals surface area (Å²) in [5.41, 5.74) is 3.47. The van der Waals surface area contributed by atoms with Crippen molar-refractivity contribution in [2.75, 3.05) is 5.32 Å². The maximum Gasteiger partial charge on any atom is 0.228 e. The van der Waals surface area contributed by atoms with Crippen molar-refractivity contribution in [1.82, 2.24) is 14.6 Å². The topological polar surface area (TPSA) is 59.3 Å². The maximum atomic E-state index is 12.2. The zero-order valence-electron chi connectivity index (χ0n) is 12.3. The summed E-state index contributed by atoms with van der Waals surface area (Å²) in [4.78, 5) is 16.5. The molecule has 0 aliphatic rings. The largest absolute Gasteiger partial charge is 0.324 e. The third-order valence-corrected chi connectivity index (χ3v) is 3.81. The van der Waals surface area contributed by atoms with Gasteiger partial charge in [0, 0.05) is 4.47 Å². The van der Waals surface area contributed by atoms with E-state index < -0.39 is 0 Å². The second kappa shape index (κ2) is 5.88. The van der Waals surface area contributed by atoms with Gasteiger partial charge in [-0.3, -0.25) is 4.79 Å². The highest BCUT2D eigenvalue weighted by Gasteiger charge is 2.08. The number of hydrogen-bond acceptors (Lipinski definition) is 3. The zero-order valence-corrected chi connectivity index (χ0v) is 13.9. The Morgan fingerprint density at radius 2 is 2.00 bits per heavy atom. The van der Waals surface area contributed by atoms with E-state index in [4.69, 9.17) is 0 Å². The van der Waals surface area contributed by atoms with Crippen LogP contribution in [0.15, 0.2) is 41.0 Å². The van der Waals surface area contributed by atoms with Crippen LogP contribution in [0, 0.1) is 13.8 Å². The summed E-state index contributed by atoms with van der Waals surface area (Å²) in [7, 11) is 0. The van der Waals surface area contributed by atoms with E-state index in [0.29, 0.717) is 12.2 Å². The lowest BCUT2D eigenvalue weighted by atomic mass is 10.1. The number of carbonyl (C=O) groups excluding carboxylic acids is 1. The van der Waals surface area contributed by atoms with Crippen LogP contribution in [0.5, 0.6) is 0 Å². The lowest BCUT2D eigenvalue weighted by Gasteiger charge is -2.07. The van der Waals surface area contributed by atoms with E-state index in [-0.39, 0.29) is 5.91 Å². The molecule has 1 N–H and O–H groups in total. The van der Waals surface area contributed by atoms with Gasteiger partial charge in [-0.05, 0) is 43.2 Å². The van der Waals surface area contributed by atoms with Gasteiger partial charge in [0.15, 0.2) is 5.65 Å². The van der Waals surface area contributed by atoms with Gasteiger partial charge in [0.1, 0.15) is 5.82 Å². The minimum Gasteiger partial charge on any atom is -0.324 e. The SMILES string of the molecule is Cc1nc2c(C)cc(NC(=O)Cc3ccc(Br)cc3)cn2n1. The smallest absolute Gasteiger partial charge is 0.228 e. The number of anilines is 1. The molecule has 5 nitrogen and oxygen atoms in total. The van der Waals surface area contributed by atoms with Crippen LogP contribution < -0.4 is 5.32 Å². The Bertz CT molecular complexity index is 839. The summed E-state index contributed by atoms with van der Waals surface area (Å²) in [6.07, 6.45) is 2.11. The molecule has 6 heteroatoms. The summed E-state index contributed by atoms with van der Waals surface area (Å²) < 4.78 is 2.69. The number of carbonyl (C=O) groups is 1. The van der Waals surface area contributed by atoms with E-state index in [9.17, 15) is 4.79 Å². The fraction of sp³-hybridized carbons (Fsp3) is 0.188. The van der Waals surface area contributed by atoms with Crippen LogP contribution in [0.25, 0.3) is 5.65 Å². The summed E-state index contributed by atoms with van der Waals surface area (Å²) in [6, 6.07) is 9.62. The Balaban J connectivity index is 1.77. The minimum absolute atomic E-state index is 0.0575. The molecule has 0 saturated carbocycles. The van der Waals surface area contributed by atoms with Gasteiger partial charge in [0.05, 0.1) is 18.3 Å². The Morgan fingerprint density at radius 1 is 1.27 bits per heavy atom. The standard InChI is InChI=1S/C16H15BrN4O/c1-10-7-14(9-21-16(10)18-11(2)20-21)19-15(22)8-12-3-5-13(17)6-4-12/h3-7,9H,8H2,1-2H3,(H,19,22). The lowest BCUT2D eigenvalue weighted by Crippen LogP contribution is -2.15. The molecule has 1 aromatic carbocycles. The van der Waals surface area contributed by atoms with Gasteiger partial charge in [-0.15, -0.1) is 0 Å². The molecular formula is C16H15BrN4O. The van der Waals surface area contributed by atoms with Crippen LogP contribution in [0.4, 0.5) is 5.69 Å². The zero-order chi connectivity index (χ0) is 15.7. The molecule has 0 atom stereocenters. The van der Waals surface area contributed by atoms with Gasteiger partial charge in [-0.1, -0.05) is 28.1 Å². The summed E-state index contributed by atoms with van der Waals surface area (Å²) in [6.45, 7) is 3.80. The average Bonchev–Trinajstić information content (AvgIpc) is 2.82. The fourth-order valence-electron chi connectivity index (χ4n) is 2.32. The van der Waals surface area contributed by atoms with Crippen LogP contribution in [0.3, 0.4) is 0 Å². The normalized spacial score (nSPS) is 10.9. The van der Waals surface area contributed by atoms with Crippen LogP contribution in [0.2, 0.25) is 0 Å². The summed E-state index contributed by atoms with van der Waals surface area (Å²) in [5, 5.41) is 7.19. The molecule has 3 rings (SSSR count). The van der Waals surface area contributed by atoms with Crippen molar-refractivity contribution in [3.63, 3.8) is 0 Å². The fourth-order valence-corrected chi connectivity index (χ4v) is 2.58. The number of nitrogens with one attached hydrogen (secondary N) is 1. The average molecular weight is 359 g/mol. The Morgan fingerprint density at radius 3 is 2.73 bits per heavy atom. The van der Waals surface area contributed by atoms with E-state index in [1.54, 1.807) is 10.7 Å². The Labute approximate surface area is 136 Å². The molecule has 0 aliphatic heterocycles. The van der Waals surface area contributed by atoms with E-state index >= 15 is 0 Å². The molecule has 0 fully saturated rings. The van der Waals surface area contributed by atoms with Crippen molar-refractivity contribution >= 4 is 33.2 Å². The molecule has 2 heterocycles. The highest BCUT2D eigenvalue weighted by molar-refractivity contribution is 9.10. The Hall–Kier alpha value is -2.21. The molecule has 0 spiro atoms. The van der Waals surface area contributed by atoms with Crippen LogP contribution in [-0.2, 0) is 11.2 Å². The molecular weight excluding hydrogens is 344 g/mol. The van der Waals surface area contributed by atoms with E-state index in [1.165, 1.54) is 0 Å². The Kier molecular flexibility index (Phi) is 3.94. The molecule has 0 bridgehead atoms. The van der Waals surface area contributed by atoms with Crippen molar-refractivity contribution in [2.24, 2.45) is 0 Å². The molecule has 0 radical (unpaired) electrons. The highest BCUT2D eigenvalue weighted by atomic mass is 79.9. The summed E-state index contributed by atoms with van der Waals surface area (Å²) in [5.74, 6) is 0.652. The van der Waals surface area contributed by atoms with Crippen molar-refractivity contribution < 1.29 is 4.79 Å². The molecule has 22 heavy (non-hydrogen) atoms. The van der Waals surface area contributed by atoms with Gasteiger partial charge in [-0.25, -0.2) is 9.50 Å². The first-order valence-corrected chi connectivity index (χ1v) is 7.68. The van der Waals surface area contributed by atoms with Crippen molar-refractivity contribution in [3.8, 4) is 0 Å². The van der Waals surface area contributed by atoms with E-state index in [2.05, 4.69) is 31.3 Å². The number of aryl methyl sites for hydroxylation is 2. The molecule has 0 aliphatic carbocycles. The number of halogens is 1. The monoisotopic (exact) mass is 358 g/mol. The quantitative estimate of drug-likeness (QED) is 0.781. The first kappa shape index (κ1) is 14.7. The third-order valence-electron chi connectivity index (χ3n) is 3.28. The number of pyridine rings is 1. The lowest BCUT2D eigenvalue weighted by molar-refractivity contribution is -0.115. The minimum atomic E-state index is -0.0575. The predicted octanol–water partition coefficient (Wildman–Crippen LogP) is 3.29. The third kappa shape index (κ3) is 3.17. The van der Waals surface area contributed by atoms with E-state index in [1.807, 2.05) is 44.2 Å². The number of benzene rings is 1. The molecule has 1 amide bonds. The number of aromatic nitrogens is 3. The molecule has 112 valence electrons. The van der Waals surface area contributed by atoms with Gasteiger partial charge >= 0.3 is 0 Å². The van der Waals surface area contributed by atoms with Crippen LogP contribution in [-0.4, -0.2) is 20.5 Å². The number of nitrogens with zero attached hydrogens (tertiary/aromatic N) is 3. The second-order valence-corrected chi connectivity index (χ2v) is 6.11. The van der Waals surface area contributed by atoms with Crippen LogP contribution >= 0.6 is 15.9 Å². The highest BCUT2D eigenvalue weighted by Crippen LogP contribution is 2.16. The van der Waals surface area contributed by atoms with Gasteiger partial charge in [0.2, 0.25) is 5.91 Å². The number of hydrogen-bond donors (Lipinski definition) is 1. The molecule has 0 saturated heterocycles. The van der Waals surface area contributed by atoms with Gasteiger partial charge < -0.3 is 5.32 Å². The molecule has 2 aromatic heterocycles. The van der Waals surface area contributed by atoms with Gasteiger partial charge in [0.25, 0.3) is 0 Å². The first-order valence-electron chi connectivity index (χ1n) is 6.89. The number of amides is 1. The summed E-state index contributed by atoms with van der Waals surface area (Å²) >= 11 is 3.38. The second-order valence-electron chi connectivity index (χ2n) is 5.19. The molecule has 3 aromatic rings. The maximum absolute atomic E-state index is 12.2. The van der Waals surface area contributed by atoms with Crippen LogP contribution in [0.1, 0.15) is 17.0 Å². The van der Waals surface area contributed by atoms with Crippen molar-refractivity contribution in [2.45, 2.75) is 20.3 Å². The van der Waals surface area contributed by atoms with E-state index in [0.717, 1.165) is 26.9 Å². The number of rotatable bonds is 3. The van der Waals surface area contributed by atoms with Gasteiger partial charge in [-0.2, -0.15) is 5.10 Å². The van der Waals surface area contributed by atoms with Crippen molar-refractivity contribution in [3.05, 3.63) is 58.0 Å². The van der Waals surface area contributed by atoms with Crippen molar-refractivity contribution in [1.29, 1.82) is 0 Å².